The van der Waals surface area contributed by atoms with Crippen molar-refractivity contribution in [3.8, 4) is 0 Å². The maximum Gasteiger partial charge on any atom is 0.220 e. The molecule has 0 atom stereocenters. The number of aromatic amines is 1. The van der Waals surface area contributed by atoms with E-state index in [1.165, 1.54) is 30.5 Å². The normalized spacial score (nSPS) is 14.2. The lowest BCUT2D eigenvalue weighted by Gasteiger charge is -2.07. The van der Waals surface area contributed by atoms with Crippen molar-refractivity contribution in [1.82, 2.24) is 25.3 Å². The van der Waals surface area contributed by atoms with Crippen molar-refractivity contribution in [1.29, 1.82) is 0 Å². The molecule has 0 spiro atoms. The number of aromatic nitrogens is 4. The lowest BCUT2D eigenvalue weighted by atomic mass is 10.1. The van der Waals surface area contributed by atoms with Crippen molar-refractivity contribution in [2.45, 2.75) is 71.9 Å². The highest BCUT2D eigenvalue weighted by molar-refractivity contribution is 5.75. The van der Waals surface area contributed by atoms with Crippen LogP contribution in [0.25, 0.3) is 0 Å². The summed E-state index contributed by atoms with van der Waals surface area (Å²) in [6.45, 7) is 5.35. The fourth-order valence-electron chi connectivity index (χ4n) is 3.43. The average molecular weight is 329 g/mol. The SMILES string of the molecule is Cc1cc(C)n(CCCC(=O)NCc2n[nH]c3c2CCCCC3)n1. The molecule has 2 aromatic heterocycles. The van der Waals surface area contributed by atoms with Crippen LogP contribution in [0.2, 0.25) is 0 Å². The van der Waals surface area contributed by atoms with E-state index in [0.29, 0.717) is 13.0 Å². The van der Waals surface area contributed by atoms with Crippen molar-refractivity contribution in [2.75, 3.05) is 0 Å². The van der Waals surface area contributed by atoms with E-state index in [0.717, 1.165) is 42.9 Å². The molecule has 0 aliphatic heterocycles. The molecule has 1 aliphatic rings. The van der Waals surface area contributed by atoms with Crippen LogP contribution in [0.1, 0.15) is 60.4 Å². The summed E-state index contributed by atoms with van der Waals surface area (Å²) >= 11 is 0. The summed E-state index contributed by atoms with van der Waals surface area (Å²) in [5, 5.41) is 15.0. The fourth-order valence-corrected chi connectivity index (χ4v) is 3.43. The number of fused-ring (bicyclic) bond motifs is 1. The number of hydrogen-bond acceptors (Lipinski definition) is 3. The molecule has 6 nitrogen and oxygen atoms in total. The summed E-state index contributed by atoms with van der Waals surface area (Å²) in [6.07, 6.45) is 7.20. The van der Waals surface area contributed by atoms with Crippen molar-refractivity contribution in [3.63, 3.8) is 0 Å². The van der Waals surface area contributed by atoms with Gasteiger partial charge >= 0.3 is 0 Å². The van der Waals surface area contributed by atoms with Crippen molar-refractivity contribution < 1.29 is 4.79 Å². The summed E-state index contributed by atoms with van der Waals surface area (Å²) in [7, 11) is 0. The molecular formula is C18H27N5O. The van der Waals surface area contributed by atoms with E-state index in [4.69, 9.17) is 0 Å². The first-order chi connectivity index (χ1) is 11.6. The average Bonchev–Trinajstić information content (AvgIpc) is 2.98. The third-order valence-electron chi connectivity index (χ3n) is 4.72. The van der Waals surface area contributed by atoms with Crippen LogP contribution in [0.3, 0.4) is 0 Å². The Bertz CT molecular complexity index is 700. The van der Waals surface area contributed by atoms with Gasteiger partial charge < -0.3 is 5.32 Å². The quantitative estimate of drug-likeness (QED) is 0.800. The molecule has 2 aromatic rings. The lowest BCUT2D eigenvalue weighted by molar-refractivity contribution is -0.121. The zero-order valence-corrected chi connectivity index (χ0v) is 14.7. The van der Waals surface area contributed by atoms with E-state index >= 15 is 0 Å². The van der Waals surface area contributed by atoms with Gasteiger partial charge in [0.15, 0.2) is 0 Å². The fraction of sp³-hybridized carbons (Fsp3) is 0.611. The largest absolute Gasteiger partial charge is 0.350 e. The molecule has 0 saturated heterocycles. The van der Waals surface area contributed by atoms with Gasteiger partial charge in [0.25, 0.3) is 0 Å². The van der Waals surface area contributed by atoms with E-state index in [2.05, 4.69) is 26.7 Å². The Morgan fingerprint density at radius 2 is 2.12 bits per heavy atom. The Balaban J connectivity index is 1.44. The van der Waals surface area contributed by atoms with Crippen LogP contribution < -0.4 is 5.32 Å². The van der Waals surface area contributed by atoms with E-state index in [1.807, 2.05) is 18.5 Å². The van der Waals surface area contributed by atoms with Crippen LogP contribution in [-0.4, -0.2) is 25.9 Å². The molecule has 2 heterocycles. The van der Waals surface area contributed by atoms with Gasteiger partial charge in [0.2, 0.25) is 5.91 Å². The number of H-pyrrole nitrogens is 1. The minimum atomic E-state index is 0.0851. The number of hydrogen-bond donors (Lipinski definition) is 2. The number of carbonyl (C=O) groups is 1. The second-order valence-electron chi connectivity index (χ2n) is 6.72. The van der Waals surface area contributed by atoms with Crippen LogP contribution in [0.4, 0.5) is 0 Å². The van der Waals surface area contributed by atoms with Gasteiger partial charge in [-0.05, 0) is 57.6 Å². The molecular weight excluding hydrogens is 302 g/mol. The minimum Gasteiger partial charge on any atom is -0.350 e. The van der Waals surface area contributed by atoms with E-state index in [1.54, 1.807) is 0 Å². The van der Waals surface area contributed by atoms with Gasteiger partial charge in [0.05, 0.1) is 17.9 Å². The monoisotopic (exact) mass is 329 g/mol. The number of amides is 1. The maximum atomic E-state index is 12.1. The number of nitrogens with one attached hydrogen (secondary N) is 2. The zero-order valence-electron chi connectivity index (χ0n) is 14.7. The summed E-state index contributed by atoms with van der Waals surface area (Å²) in [5.74, 6) is 0.0851. The smallest absolute Gasteiger partial charge is 0.220 e. The molecule has 1 aliphatic carbocycles. The molecule has 0 bridgehead atoms. The van der Waals surface area contributed by atoms with Crippen molar-refractivity contribution in [2.24, 2.45) is 0 Å². The predicted octanol–water partition coefficient (Wildman–Crippen LogP) is 2.59. The molecule has 1 amide bonds. The van der Waals surface area contributed by atoms with Crippen LogP contribution in [0.15, 0.2) is 6.07 Å². The Labute approximate surface area is 143 Å². The zero-order chi connectivity index (χ0) is 16.9. The van der Waals surface area contributed by atoms with Gasteiger partial charge in [0.1, 0.15) is 0 Å². The molecule has 0 aromatic carbocycles. The first kappa shape index (κ1) is 16.7. The summed E-state index contributed by atoms with van der Waals surface area (Å²) in [4.78, 5) is 12.1. The van der Waals surface area contributed by atoms with Gasteiger partial charge in [-0.15, -0.1) is 0 Å². The number of carbonyl (C=O) groups excluding carboxylic acids is 1. The predicted molar refractivity (Wildman–Crippen MR) is 92.6 cm³/mol. The van der Waals surface area contributed by atoms with Crippen LogP contribution in [0, 0.1) is 13.8 Å². The van der Waals surface area contributed by atoms with Crippen LogP contribution in [0.5, 0.6) is 0 Å². The third kappa shape index (κ3) is 4.04. The Kier molecular flexibility index (Phi) is 5.33. The molecule has 0 radical (unpaired) electrons. The molecule has 0 unspecified atom stereocenters. The summed E-state index contributed by atoms with van der Waals surface area (Å²) < 4.78 is 1.97. The maximum absolute atomic E-state index is 12.1. The molecule has 2 N–H and O–H groups in total. The molecule has 0 fully saturated rings. The van der Waals surface area contributed by atoms with E-state index in [9.17, 15) is 4.79 Å². The molecule has 6 heteroatoms. The van der Waals surface area contributed by atoms with E-state index in [-0.39, 0.29) is 5.91 Å². The molecule has 130 valence electrons. The Morgan fingerprint density at radius 3 is 2.92 bits per heavy atom. The van der Waals surface area contributed by atoms with Gasteiger partial charge in [0, 0.05) is 24.4 Å². The van der Waals surface area contributed by atoms with Crippen LogP contribution in [-0.2, 0) is 30.7 Å². The Hall–Kier alpha value is -2.11. The van der Waals surface area contributed by atoms with Crippen molar-refractivity contribution in [3.05, 3.63) is 34.4 Å². The van der Waals surface area contributed by atoms with Crippen molar-refractivity contribution >= 4 is 5.91 Å². The lowest BCUT2D eigenvalue weighted by Crippen LogP contribution is -2.23. The highest BCUT2D eigenvalue weighted by Crippen LogP contribution is 2.21. The summed E-state index contributed by atoms with van der Waals surface area (Å²) in [5.41, 5.74) is 5.78. The van der Waals surface area contributed by atoms with Gasteiger partial charge in [-0.3, -0.25) is 14.6 Å². The summed E-state index contributed by atoms with van der Waals surface area (Å²) in [6, 6.07) is 2.06. The second kappa shape index (κ2) is 7.64. The Morgan fingerprint density at radius 1 is 1.29 bits per heavy atom. The second-order valence-corrected chi connectivity index (χ2v) is 6.72. The first-order valence-electron chi connectivity index (χ1n) is 8.96. The highest BCUT2D eigenvalue weighted by atomic mass is 16.1. The van der Waals surface area contributed by atoms with Gasteiger partial charge in [-0.25, -0.2) is 0 Å². The van der Waals surface area contributed by atoms with Gasteiger partial charge in [-0.2, -0.15) is 10.2 Å². The number of nitrogens with zero attached hydrogens (tertiary/aromatic N) is 3. The number of rotatable bonds is 6. The molecule has 3 rings (SSSR count). The topological polar surface area (TPSA) is 75.6 Å². The van der Waals surface area contributed by atoms with Gasteiger partial charge in [-0.1, -0.05) is 6.42 Å². The highest BCUT2D eigenvalue weighted by Gasteiger charge is 2.16. The standard InChI is InChI=1S/C18H27N5O/c1-13-11-14(2)23(22-13)10-6-9-18(24)19-12-17-15-7-4-3-5-8-16(15)20-21-17/h11H,3-10,12H2,1-2H3,(H,19,24)(H,20,21). The third-order valence-corrected chi connectivity index (χ3v) is 4.72. The van der Waals surface area contributed by atoms with Crippen LogP contribution >= 0.6 is 0 Å². The first-order valence-corrected chi connectivity index (χ1v) is 8.96. The molecule has 0 saturated carbocycles. The minimum absolute atomic E-state index is 0.0851. The van der Waals surface area contributed by atoms with E-state index < -0.39 is 0 Å². The molecule has 24 heavy (non-hydrogen) atoms. The number of aryl methyl sites for hydroxylation is 4.